The molecular weight excluding hydrogens is 242 g/mol. The summed E-state index contributed by atoms with van der Waals surface area (Å²) in [7, 11) is 0. The smallest absolute Gasteiger partial charge is 0.170 e. The molecule has 0 spiro atoms. The van der Waals surface area contributed by atoms with Gasteiger partial charge in [0.1, 0.15) is 11.6 Å². The van der Waals surface area contributed by atoms with E-state index in [-0.39, 0.29) is 5.84 Å². The molecule has 19 heavy (non-hydrogen) atoms. The predicted molar refractivity (Wildman–Crippen MR) is 72.3 cm³/mol. The van der Waals surface area contributed by atoms with Crippen LogP contribution < -0.4 is 5.73 Å². The standard InChI is InChI=1S/C13H17N5O/c1-8-6-11(13(14)17-19)4-5-12(8)7-18-10(3)15-9(2)16-18/h4-6,19H,7H2,1-3H3,(H2,14,17). The maximum absolute atomic E-state index is 8.66. The number of aromatic nitrogens is 3. The van der Waals surface area contributed by atoms with E-state index in [1.165, 1.54) is 0 Å². The van der Waals surface area contributed by atoms with Crippen molar-refractivity contribution in [3.05, 3.63) is 46.5 Å². The minimum Gasteiger partial charge on any atom is -0.409 e. The molecule has 0 radical (unpaired) electrons. The molecule has 0 aliphatic carbocycles. The second-order valence-electron chi connectivity index (χ2n) is 4.49. The molecule has 0 atom stereocenters. The van der Waals surface area contributed by atoms with Crippen molar-refractivity contribution >= 4 is 5.84 Å². The van der Waals surface area contributed by atoms with E-state index in [1.807, 2.05) is 43.7 Å². The molecule has 1 aromatic heterocycles. The van der Waals surface area contributed by atoms with E-state index in [0.29, 0.717) is 12.1 Å². The van der Waals surface area contributed by atoms with Crippen molar-refractivity contribution in [2.75, 3.05) is 0 Å². The maximum Gasteiger partial charge on any atom is 0.170 e. The van der Waals surface area contributed by atoms with Gasteiger partial charge in [-0.25, -0.2) is 9.67 Å². The van der Waals surface area contributed by atoms with Gasteiger partial charge in [0, 0.05) is 5.56 Å². The molecule has 2 rings (SSSR count). The van der Waals surface area contributed by atoms with Crippen molar-refractivity contribution < 1.29 is 5.21 Å². The van der Waals surface area contributed by atoms with Crippen LogP contribution in [0.1, 0.15) is 28.3 Å². The average Bonchev–Trinajstić information content (AvgIpc) is 2.69. The Morgan fingerprint density at radius 3 is 2.63 bits per heavy atom. The summed E-state index contributed by atoms with van der Waals surface area (Å²) in [5.41, 5.74) is 8.46. The highest BCUT2D eigenvalue weighted by molar-refractivity contribution is 5.97. The molecule has 2 aromatic rings. The highest BCUT2D eigenvalue weighted by Crippen LogP contribution is 2.13. The number of hydrogen-bond donors (Lipinski definition) is 2. The van der Waals surface area contributed by atoms with E-state index in [0.717, 1.165) is 22.8 Å². The summed E-state index contributed by atoms with van der Waals surface area (Å²) in [6.07, 6.45) is 0. The van der Waals surface area contributed by atoms with Gasteiger partial charge in [-0.2, -0.15) is 5.10 Å². The van der Waals surface area contributed by atoms with E-state index >= 15 is 0 Å². The molecule has 0 aliphatic rings. The van der Waals surface area contributed by atoms with Gasteiger partial charge in [-0.05, 0) is 38.0 Å². The molecule has 1 aromatic carbocycles. The third kappa shape index (κ3) is 2.73. The lowest BCUT2D eigenvalue weighted by atomic mass is 10.0. The van der Waals surface area contributed by atoms with Gasteiger partial charge in [0.25, 0.3) is 0 Å². The third-order valence-electron chi connectivity index (χ3n) is 3.03. The summed E-state index contributed by atoms with van der Waals surface area (Å²) in [5.74, 6) is 1.77. The number of amidine groups is 1. The lowest BCUT2D eigenvalue weighted by Crippen LogP contribution is -2.14. The Morgan fingerprint density at radius 2 is 2.11 bits per heavy atom. The Hall–Kier alpha value is -2.37. The summed E-state index contributed by atoms with van der Waals surface area (Å²) in [6, 6.07) is 5.68. The highest BCUT2D eigenvalue weighted by Gasteiger charge is 2.07. The zero-order valence-corrected chi connectivity index (χ0v) is 11.3. The van der Waals surface area contributed by atoms with Gasteiger partial charge < -0.3 is 10.9 Å². The maximum atomic E-state index is 8.66. The summed E-state index contributed by atoms with van der Waals surface area (Å²) < 4.78 is 1.86. The number of aryl methyl sites for hydroxylation is 3. The number of rotatable bonds is 3. The Balaban J connectivity index is 2.29. The Kier molecular flexibility index (Phi) is 3.50. The van der Waals surface area contributed by atoms with Crippen LogP contribution >= 0.6 is 0 Å². The first-order valence-corrected chi connectivity index (χ1v) is 5.96. The molecule has 0 aliphatic heterocycles. The first kappa shape index (κ1) is 13.1. The van der Waals surface area contributed by atoms with E-state index in [9.17, 15) is 0 Å². The zero-order valence-electron chi connectivity index (χ0n) is 11.3. The van der Waals surface area contributed by atoms with Crippen LogP contribution in [-0.2, 0) is 6.54 Å². The lowest BCUT2D eigenvalue weighted by Gasteiger charge is -2.09. The van der Waals surface area contributed by atoms with Crippen LogP contribution in [0.4, 0.5) is 0 Å². The summed E-state index contributed by atoms with van der Waals surface area (Å²) in [6.45, 7) is 6.45. The molecule has 0 saturated carbocycles. The molecule has 1 heterocycles. The summed E-state index contributed by atoms with van der Waals surface area (Å²) >= 11 is 0. The van der Waals surface area contributed by atoms with Crippen LogP contribution in [0.15, 0.2) is 23.4 Å². The van der Waals surface area contributed by atoms with Crippen LogP contribution in [-0.4, -0.2) is 25.8 Å². The van der Waals surface area contributed by atoms with Crippen molar-refractivity contribution in [2.45, 2.75) is 27.3 Å². The quantitative estimate of drug-likeness (QED) is 0.377. The van der Waals surface area contributed by atoms with Gasteiger partial charge in [0.05, 0.1) is 6.54 Å². The monoisotopic (exact) mass is 259 g/mol. The van der Waals surface area contributed by atoms with Crippen molar-refractivity contribution in [3.8, 4) is 0 Å². The van der Waals surface area contributed by atoms with Crippen LogP contribution in [0.3, 0.4) is 0 Å². The Labute approximate surface area is 111 Å². The molecule has 6 heteroatoms. The van der Waals surface area contributed by atoms with Crippen LogP contribution in [0, 0.1) is 20.8 Å². The van der Waals surface area contributed by atoms with Crippen LogP contribution in [0.25, 0.3) is 0 Å². The number of oxime groups is 1. The van der Waals surface area contributed by atoms with Crippen molar-refractivity contribution in [1.29, 1.82) is 0 Å². The van der Waals surface area contributed by atoms with Gasteiger partial charge in [-0.15, -0.1) is 0 Å². The third-order valence-corrected chi connectivity index (χ3v) is 3.03. The molecule has 6 nitrogen and oxygen atoms in total. The predicted octanol–water partition coefficient (Wildman–Crippen LogP) is 1.35. The van der Waals surface area contributed by atoms with Crippen molar-refractivity contribution in [1.82, 2.24) is 14.8 Å². The molecule has 0 fully saturated rings. The first-order valence-electron chi connectivity index (χ1n) is 5.96. The number of benzene rings is 1. The van der Waals surface area contributed by atoms with Gasteiger partial charge in [-0.1, -0.05) is 17.3 Å². The second kappa shape index (κ2) is 5.09. The second-order valence-corrected chi connectivity index (χ2v) is 4.49. The van der Waals surface area contributed by atoms with Gasteiger partial charge in [0.2, 0.25) is 0 Å². The Morgan fingerprint density at radius 1 is 1.37 bits per heavy atom. The fraction of sp³-hybridized carbons (Fsp3) is 0.308. The summed E-state index contributed by atoms with van der Waals surface area (Å²) in [4.78, 5) is 4.28. The molecule has 100 valence electrons. The molecule has 0 unspecified atom stereocenters. The summed E-state index contributed by atoms with van der Waals surface area (Å²) in [5, 5.41) is 16.0. The van der Waals surface area contributed by atoms with Gasteiger partial charge in [0.15, 0.2) is 5.84 Å². The molecule has 0 saturated heterocycles. The zero-order chi connectivity index (χ0) is 14.0. The SMILES string of the molecule is Cc1nc(C)n(Cc2ccc(/C(N)=N/O)cc2C)n1. The number of hydrogen-bond acceptors (Lipinski definition) is 4. The van der Waals surface area contributed by atoms with Crippen molar-refractivity contribution in [2.24, 2.45) is 10.9 Å². The fourth-order valence-electron chi connectivity index (χ4n) is 1.96. The van der Waals surface area contributed by atoms with E-state index in [4.69, 9.17) is 10.9 Å². The van der Waals surface area contributed by atoms with Gasteiger partial charge >= 0.3 is 0 Å². The van der Waals surface area contributed by atoms with Gasteiger partial charge in [-0.3, -0.25) is 0 Å². The van der Waals surface area contributed by atoms with E-state index in [2.05, 4.69) is 15.2 Å². The largest absolute Gasteiger partial charge is 0.409 e. The van der Waals surface area contributed by atoms with Crippen LogP contribution in [0.5, 0.6) is 0 Å². The Bertz CT molecular complexity index is 630. The minimum atomic E-state index is 0.113. The van der Waals surface area contributed by atoms with Crippen molar-refractivity contribution in [3.63, 3.8) is 0 Å². The van der Waals surface area contributed by atoms with E-state index in [1.54, 1.807) is 0 Å². The minimum absolute atomic E-state index is 0.113. The lowest BCUT2D eigenvalue weighted by molar-refractivity contribution is 0.318. The van der Waals surface area contributed by atoms with E-state index < -0.39 is 0 Å². The topological polar surface area (TPSA) is 89.3 Å². The average molecular weight is 259 g/mol. The molecule has 0 bridgehead atoms. The highest BCUT2D eigenvalue weighted by atomic mass is 16.4. The molecular formula is C13H17N5O. The van der Waals surface area contributed by atoms with Crippen LogP contribution in [0.2, 0.25) is 0 Å². The normalized spacial score (nSPS) is 11.8. The first-order chi connectivity index (χ1) is 9.01. The molecule has 3 N–H and O–H groups in total. The molecule has 0 amide bonds. The number of nitrogens with zero attached hydrogens (tertiary/aromatic N) is 4. The number of nitrogens with two attached hydrogens (primary N) is 1. The fourth-order valence-corrected chi connectivity index (χ4v) is 1.96.